The van der Waals surface area contributed by atoms with Crippen LogP contribution in [0.4, 0.5) is 18.9 Å². The van der Waals surface area contributed by atoms with Gasteiger partial charge in [0.15, 0.2) is 0 Å². The molecule has 2 aromatic rings. The van der Waals surface area contributed by atoms with Gasteiger partial charge in [0, 0.05) is 25.2 Å². The Balaban J connectivity index is 1.22. The van der Waals surface area contributed by atoms with Crippen molar-refractivity contribution in [3.8, 4) is 0 Å². The molecule has 2 N–H and O–H groups in total. The van der Waals surface area contributed by atoms with Gasteiger partial charge in [0.2, 0.25) is 0 Å². The van der Waals surface area contributed by atoms with Gasteiger partial charge in [0.25, 0.3) is 5.91 Å². The van der Waals surface area contributed by atoms with Crippen molar-refractivity contribution in [3.63, 3.8) is 0 Å². The highest BCUT2D eigenvalue weighted by Crippen LogP contribution is 2.54. The second-order valence-corrected chi connectivity index (χ2v) is 9.80. The van der Waals surface area contributed by atoms with Crippen molar-refractivity contribution in [1.82, 2.24) is 9.88 Å². The highest BCUT2D eigenvalue weighted by molar-refractivity contribution is 5.90. The number of benzene rings is 1. The zero-order valence-electron chi connectivity index (χ0n) is 18.5. The molecule has 3 aliphatic rings. The first kappa shape index (κ1) is 22.2. The van der Waals surface area contributed by atoms with E-state index in [1.807, 2.05) is 6.07 Å². The Hall–Kier alpha value is -2.61. The third-order valence-corrected chi connectivity index (χ3v) is 7.92. The molecule has 1 saturated carbocycles. The average molecular weight is 459 g/mol. The normalized spacial score (nSPS) is 23.6. The fraction of sp³-hybridized carbons (Fsp3) is 0.520. The molecule has 2 aliphatic heterocycles. The molecule has 5 nitrogen and oxygen atoms in total. The number of likely N-dealkylation sites (tertiary alicyclic amines) is 1. The van der Waals surface area contributed by atoms with Crippen molar-refractivity contribution >= 4 is 11.6 Å². The third kappa shape index (κ3) is 4.21. The van der Waals surface area contributed by atoms with E-state index >= 15 is 0 Å². The molecule has 1 spiro atoms. The molecule has 1 aliphatic carbocycles. The average Bonchev–Trinajstić information content (AvgIpc) is 3.26. The van der Waals surface area contributed by atoms with Crippen LogP contribution in [0.2, 0.25) is 0 Å². The summed E-state index contributed by atoms with van der Waals surface area (Å²) in [4.78, 5) is 20.0. The second-order valence-electron chi connectivity index (χ2n) is 9.80. The standard InChI is InChI=1S/C25H29F3N4O/c26-25(27,28)20-5-2-1-4-19(20)22-6-3-11-32(22)18-14-24(15-18)9-12-31(13-10-24)17-7-8-21(23(29)33)30-16-17/h1-2,4-5,7-8,16,18,22H,3,6,9-15H2,(H2,29,33). The number of alkyl halides is 3. The number of amides is 1. The quantitative estimate of drug-likeness (QED) is 0.716. The van der Waals surface area contributed by atoms with Crippen LogP contribution in [0.1, 0.15) is 66.2 Å². The molecule has 1 aromatic heterocycles. The number of rotatable bonds is 4. The number of aromatic nitrogens is 1. The van der Waals surface area contributed by atoms with Crippen molar-refractivity contribution in [2.24, 2.45) is 11.1 Å². The molecule has 176 valence electrons. The molecule has 2 saturated heterocycles. The Morgan fingerprint density at radius 1 is 1.06 bits per heavy atom. The number of carbonyl (C=O) groups is 1. The molecule has 1 unspecified atom stereocenters. The fourth-order valence-electron chi connectivity index (χ4n) is 6.15. The van der Waals surface area contributed by atoms with Crippen LogP contribution in [-0.4, -0.2) is 41.5 Å². The Labute approximate surface area is 191 Å². The number of halogens is 3. The lowest BCUT2D eigenvalue weighted by Crippen LogP contribution is -2.55. The van der Waals surface area contributed by atoms with Gasteiger partial charge < -0.3 is 10.6 Å². The molecule has 3 heterocycles. The minimum absolute atomic E-state index is 0.139. The number of nitrogens with zero attached hydrogens (tertiary/aromatic N) is 3. The van der Waals surface area contributed by atoms with Crippen LogP contribution in [0.15, 0.2) is 42.6 Å². The number of hydrogen-bond acceptors (Lipinski definition) is 4. The van der Waals surface area contributed by atoms with Gasteiger partial charge in [-0.2, -0.15) is 13.2 Å². The monoisotopic (exact) mass is 458 g/mol. The molecule has 1 atom stereocenters. The highest BCUT2D eigenvalue weighted by Gasteiger charge is 2.50. The molecular weight excluding hydrogens is 429 g/mol. The Morgan fingerprint density at radius 3 is 2.42 bits per heavy atom. The summed E-state index contributed by atoms with van der Waals surface area (Å²) in [5.41, 5.74) is 6.77. The molecule has 3 fully saturated rings. The first-order chi connectivity index (χ1) is 15.8. The summed E-state index contributed by atoms with van der Waals surface area (Å²) in [6, 6.07) is 9.86. The summed E-state index contributed by atoms with van der Waals surface area (Å²) in [6.45, 7) is 2.72. The molecule has 0 radical (unpaired) electrons. The first-order valence-corrected chi connectivity index (χ1v) is 11.7. The molecule has 1 amide bonds. The van der Waals surface area contributed by atoms with Crippen LogP contribution in [0.25, 0.3) is 0 Å². The molecule has 33 heavy (non-hydrogen) atoms. The van der Waals surface area contributed by atoms with E-state index in [1.54, 1.807) is 24.4 Å². The lowest BCUT2D eigenvalue weighted by Gasteiger charge is -2.56. The Morgan fingerprint density at radius 2 is 1.79 bits per heavy atom. The maximum absolute atomic E-state index is 13.6. The zero-order valence-corrected chi connectivity index (χ0v) is 18.5. The predicted molar refractivity (Wildman–Crippen MR) is 120 cm³/mol. The van der Waals surface area contributed by atoms with E-state index in [0.717, 1.165) is 63.8 Å². The van der Waals surface area contributed by atoms with Gasteiger partial charge in [-0.05, 0) is 74.2 Å². The Kier molecular flexibility index (Phi) is 5.59. The molecule has 0 bridgehead atoms. The molecule has 8 heteroatoms. The summed E-state index contributed by atoms with van der Waals surface area (Å²) in [5, 5.41) is 0. The van der Waals surface area contributed by atoms with Gasteiger partial charge in [0.05, 0.1) is 17.4 Å². The van der Waals surface area contributed by atoms with Crippen molar-refractivity contribution in [3.05, 3.63) is 59.4 Å². The van der Waals surface area contributed by atoms with Crippen LogP contribution in [-0.2, 0) is 6.18 Å². The smallest absolute Gasteiger partial charge is 0.370 e. The summed E-state index contributed by atoms with van der Waals surface area (Å²) in [5.74, 6) is -0.530. The van der Waals surface area contributed by atoms with E-state index in [1.165, 1.54) is 12.1 Å². The second kappa shape index (κ2) is 8.31. The Bertz CT molecular complexity index is 1010. The van der Waals surface area contributed by atoms with Gasteiger partial charge in [0.1, 0.15) is 5.69 Å². The van der Waals surface area contributed by atoms with Gasteiger partial charge in [-0.3, -0.25) is 9.69 Å². The van der Waals surface area contributed by atoms with E-state index in [0.29, 0.717) is 17.0 Å². The minimum Gasteiger partial charge on any atom is -0.370 e. The van der Waals surface area contributed by atoms with Gasteiger partial charge >= 0.3 is 6.18 Å². The lowest BCUT2D eigenvalue weighted by molar-refractivity contribution is -0.139. The number of nitrogens with two attached hydrogens (primary N) is 1. The van der Waals surface area contributed by atoms with Gasteiger partial charge in [-0.25, -0.2) is 4.98 Å². The summed E-state index contributed by atoms with van der Waals surface area (Å²) >= 11 is 0. The molecular formula is C25H29F3N4O. The van der Waals surface area contributed by atoms with Gasteiger partial charge in [-0.15, -0.1) is 0 Å². The number of primary amides is 1. The predicted octanol–water partition coefficient (Wildman–Crippen LogP) is 4.79. The van der Waals surface area contributed by atoms with E-state index in [-0.39, 0.29) is 11.7 Å². The lowest BCUT2D eigenvalue weighted by atomic mass is 9.59. The van der Waals surface area contributed by atoms with E-state index in [2.05, 4.69) is 14.8 Å². The highest BCUT2D eigenvalue weighted by atomic mass is 19.4. The molecule has 5 rings (SSSR count). The fourth-order valence-corrected chi connectivity index (χ4v) is 6.15. The van der Waals surface area contributed by atoms with Crippen molar-refractivity contribution in [2.75, 3.05) is 24.5 Å². The maximum atomic E-state index is 13.6. The van der Waals surface area contributed by atoms with E-state index in [9.17, 15) is 18.0 Å². The van der Waals surface area contributed by atoms with Crippen LogP contribution in [0, 0.1) is 5.41 Å². The summed E-state index contributed by atoms with van der Waals surface area (Å²) in [7, 11) is 0. The first-order valence-electron chi connectivity index (χ1n) is 11.7. The largest absolute Gasteiger partial charge is 0.416 e. The van der Waals surface area contributed by atoms with Gasteiger partial charge in [-0.1, -0.05) is 18.2 Å². The van der Waals surface area contributed by atoms with Crippen LogP contribution in [0.5, 0.6) is 0 Å². The topological polar surface area (TPSA) is 62.5 Å². The van der Waals surface area contributed by atoms with Crippen LogP contribution < -0.4 is 10.6 Å². The van der Waals surface area contributed by atoms with E-state index in [4.69, 9.17) is 5.73 Å². The number of hydrogen-bond donors (Lipinski definition) is 1. The number of carbonyl (C=O) groups excluding carboxylic acids is 1. The number of pyridine rings is 1. The van der Waals surface area contributed by atoms with Crippen molar-refractivity contribution in [2.45, 2.75) is 56.8 Å². The third-order valence-electron chi connectivity index (χ3n) is 7.92. The van der Waals surface area contributed by atoms with E-state index < -0.39 is 17.6 Å². The zero-order chi connectivity index (χ0) is 23.2. The summed E-state index contributed by atoms with van der Waals surface area (Å²) in [6.07, 6.45) is 3.38. The van der Waals surface area contributed by atoms with Crippen molar-refractivity contribution in [1.29, 1.82) is 0 Å². The van der Waals surface area contributed by atoms with Crippen LogP contribution >= 0.6 is 0 Å². The SMILES string of the molecule is NC(=O)c1ccc(N2CCC3(CC2)CC(N2CCCC2c2ccccc2C(F)(F)F)C3)cn1. The number of anilines is 1. The maximum Gasteiger partial charge on any atom is 0.416 e. The summed E-state index contributed by atoms with van der Waals surface area (Å²) < 4.78 is 40.8. The molecule has 1 aromatic carbocycles. The van der Waals surface area contributed by atoms with Crippen LogP contribution in [0.3, 0.4) is 0 Å². The van der Waals surface area contributed by atoms with Crippen molar-refractivity contribution < 1.29 is 18.0 Å². The minimum atomic E-state index is -4.32. The number of piperidine rings is 1.